The Hall–Kier alpha value is -3.60. The van der Waals surface area contributed by atoms with E-state index in [0.29, 0.717) is 0 Å². The Morgan fingerprint density at radius 2 is 0.868 bits per heavy atom. The maximum Gasteiger partial charge on any atom is 0.294 e. The van der Waals surface area contributed by atoms with Gasteiger partial charge in [0.05, 0.1) is 9.79 Å². The lowest BCUT2D eigenvalue weighted by Gasteiger charge is -2.20. The minimum absolute atomic E-state index is 0.0666. The highest BCUT2D eigenvalue weighted by atomic mass is 32.2. The first-order valence-electron chi connectivity index (χ1n) is 10.7. The first kappa shape index (κ1) is 34.4. The van der Waals surface area contributed by atoms with Crippen LogP contribution in [0.1, 0.15) is 38.8 Å². The van der Waals surface area contributed by atoms with Gasteiger partial charge in [-0.3, -0.25) is 9.11 Å². The van der Waals surface area contributed by atoms with Crippen molar-refractivity contribution in [1.82, 2.24) is 0 Å². The fourth-order valence-corrected chi connectivity index (χ4v) is 2.98. The van der Waals surface area contributed by atoms with Crippen LogP contribution >= 0.6 is 0 Å². The quantitative estimate of drug-likeness (QED) is 0.0734. The summed E-state index contributed by atoms with van der Waals surface area (Å²) in [6.07, 6.45) is 0. The molecule has 8 N–H and O–H groups in total. The van der Waals surface area contributed by atoms with Gasteiger partial charge in [0.25, 0.3) is 20.2 Å². The van der Waals surface area contributed by atoms with Gasteiger partial charge in [-0.15, -0.1) is 0 Å². The van der Waals surface area contributed by atoms with E-state index in [0.717, 1.165) is 11.1 Å². The zero-order valence-corrected chi connectivity index (χ0v) is 23.4. The van der Waals surface area contributed by atoms with Crippen LogP contribution in [-0.2, 0) is 20.2 Å². The number of nitrogens with zero attached hydrogens (tertiary/aromatic N) is 4. The molecule has 0 aromatic heterocycles. The largest absolute Gasteiger partial charge is 0.409 e. The number of oxime groups is 2. The third-order valence-corrected chi connectivity index (χ3v) is 6.39. The Bertz CT molecular complexity index is 1250. The Morgan fingerprint density at radius 1 is 0.632 bits per heavy atom. The van der Waals surface area contributed by atoms with Crippen LogP contribution in [0.15, 0.2) is 78.9 Å². The summed E-state index contributed by atoms with van der Waals surface area (Å²) < 4.78 is 59.1. The molecule has 0 saturated carbocycles. The van der Waals surface area contributed by atoms with E-state index < -0.39 is 31.3 Å². The van der Waals surface area contributed by atoms with Gasteiger partial charge in [-0.25, -0.2) is 0 Å². The molecule has 0 atom stereocenters. The summed E-state index contributed by atoms with van der Waals surface area (Å²) in [5.74, 6) is -0.155. The van der Waals surface area contributed by atoms with Gasteiger partial charge >= 0.3 is 0 Å². The van der Waals surface area contributed by atoms with Gasteiger partial charge in [-0.2, -0.15) is 27.1 Å². The van der Waals surface area contributed by atoms with Gasteiger partial charge in [0.15, 0.2) is 11.7 Å². The van der Waals surface area contributed by atoms with Crippen LogP contribution in [0.25, 0.3) is 0 Å². The number of nitrogens with two attached hydrogens (primary N) is 2. The van der Waals surface area contributed by atoms with Crippen LogP contribution < -0.4 is 11.5 Å². The van der Waals surface area contributed by atoms with E-state index in [9.17, 15) is 16.8 Å². The third kappa shape index (κ3) is 12.1. The lowest BCUT2D eigenvalue weighted by atomic mass is 10.1. The molecule has 0 spiro atoms. The molecule has 0 saturated heterocycles. The van der Waals surface area contributed by atoms with E-state index in [1.165, 1.54) is 24.3 Å². The lowest BCUT2D eigenvalue weighted by Crippen LogP contribution is -2.39. The fourth-order valence-electron chi connectivity index (χ4n) is 2.02. The molecule has 2 aromatic carbocycles. The van der Waals surface area contributed by atoms with Crippen LogP contribution in [0.5, 0.6) is 0 Å². The van der Waals surface area contributed by atoms with Crippen molar-refractivity contribution in [1.29, 1.82) is 0 Å². The average Bonchev–Trinajstić information content (AvgIpc) is 2.82. The summed E-state index contributed by atoms with van der Waals surface area (Å²) in [7, 11) is -8.04. The van der Waals surface area contributed by atoms with Crippen molar-refractivity contribution < 1.29 is 36.4 Å². The van der Waals surface area contributed by atoms with Crippen molar-refractivity contribution in [2.75, 3.05) is 0 Å². The maximum atomic E-state index is 10.5. The molecule has 0 radical (unpaired) electrons. The topological polar surface area (TPSA) is 251 Å². The van der Waals surface area contributed by atoms with Crippen molar-refractivity contribution in [3.05, 3.63) is 59.7 Å². The zero-order valence-electron chi connectivity index (χ0n) is 21.8. The fraction of sp³-hybridized carbons (Fsp3) is 0.364. The highest BCUT2D eigenvalue weighted by Crippen LogP contribution is 2.16. The van der Waals surface area contributed by atoms with Crippen LogP contribution in [0.4, 0.5) is 0 Å². The Morgan fingerprint density at radius 3 is 1.05 bits per heavy atom. The number of aryl methyl sites for hydroxylation is 2. The van der Waals surface area contributed by atoms with Crippen LogP contribution in [0.3, 0.4) is 0 Å². The molecule has 0 unspecified atom stereocenters. The van der Waals surface area contributed by atoms with Crippen molar-refractivity contribution in [2.24, 2.45) is 32.0 Å². The second-order valence-corrected chi connectivity index (χ2v) is 11.7. The smallest absolute Gasteiger partial charge is 0.294 e. The number of hydrogen-bond acceptors (Lipinski definition) is 10. The molecule has 0 heterocycles. The molecule has 2 rings (SSSR count). The predicted molar refractivity (Wildman–Crippen MR) is 142 cm³/mol. The van der Waals surface area contributed by atoms with E-state index in [2.05, 4.69) is 20.5 Å². The van der Waals surface area contributed by atoms with Gasteiger partial charge < -0.3 is 21.9 Å². The number of amidine groups is 2. The van der Waals surface area contributed by atoms with Crippen molar-refractivity contribution in [2.45, 2.75) is 62.4 Å². The monoisotopic (exact) mass is 574 g/mol. The minimum atomic E-state index is -4.02. The third-order valence-electron chi connectivity index (χ3n) is 4.66. The molecule has 0 bridgehead atoms. The van der Waals surface area contributed by atoms with Gasteiger partial charge in [0, 0.05) is 0 Å². The Labute approximate surface area is 222 Å². The zero-order chi connectivity index (χ0) is 29.9. The average molecular weight is 575 g/mol. The second kappa shape index (κ2) is 13.8. The van der Waals surface area contributed by atoms with E-state index in [1.807, 2.05) is 13.8 Å². The Balaban J connectivity index is 0.000000554. The summed E-state index contributed by atoms with van der Waals surface area (Å²) in [6, 6.07) is 12.0. The number of benzene rings is 2. The minimum Gasteiger partial charge on any atom is -0.409 e. The van der Waals surface area contributed by atoms with E-state index >= 15 is 0 Å². The maximum absolute atomic E-state index is 10.5. The lowest BCUT2D eigenvalue weighted by molar-refractivity contribution is 0.310. The van der Waals surface area contributed by atoms with Crippen LogP contribution in [0.2, 0.25) is 0 Å². The molecular formula is C22H34N6O8S2. The van der Waals surface area contributed by atoms with E-state index in [-0.39, 0.29) is 21.5 Å². The standard InChI is InChI=1S/C8H18N6O2.2C7H8O3S/c1-7(2,5(9)11-15)13-14-8(3,4)6(10)12-16;2*1-6-2-4-7(5-3-6)11(8,9)10/h15-16H,1-4H3,(H2,9,11)(H2,10,12);2*2-5H,1H3,(H,8,9,10). The summed E-state index contributed by atoms with van der Waals surface area (Å²) in [5.41, 5.74) is 10.8. The second-order valence-electron chi connectivity index (χ2n) is 8.86. The van der Waals surface area contributed by atoms with Crippen molar-refractivity contribution in [3.8, 4) is 0 Å². The number of rotatable bonds is 6. The highest BCUT2D eigenvalue weighted by molar-refractivity contribution is 7.86. The highest BCUT2D eigenvalue weighted by Gasteiger charge is 2.28. The van der Waals surface area contributed by atoms with Gasteiger partial charge in [-0.05, 0) is 65.8 Å². The summed E-state index contributed by atoms with van der Waals surface area (Å²) >= 11 is 0. The molecule has 0 amide bonds. The summed E-state index contributed by atoms with van der Waals surface area (Å²) in [4.78, 5) is -0.133. The number of azo groups is 1. The van der Waals surface area contributed by atoms with Gasteiger partial charge in [-0.1, -0.05) is 45.7 Å². The van der Waals surface area contributed by atoms with E-state index in [4.69, 9.17) is 31.0 Å². The van der Waals surface area contributed by atoms with Crippen LogP contribution in [-0.4, -0.2) is 59.1 Å². The molecule has 212 valence electrons. The molecule has 16 heteroatoms. The molecule has 2 aromatic rings. The van der Waals surface area contributed by atoms with Crippen molar-refractivity contribution in [3.63, 3.8) is 0 Å². The Kier molecular flexibility index (Phi) is 12.5. The van der Waals surface area contributed by atoms with E-state index in [1.54, 1.807) is 52.0 Å². The summed E-state index contributed by atoms with van der Waals surface area (Å²) in [6.45, 7) is 10.2. The molecule has 38 heavy (non-hydrogen) atoms. The van der Waals surface area contributed by atoms with Crippen molar-refractivity contribution >= 4 is 31.9 Å². The normalized spacial score (nSPS) is 13.3. The first-order chi connectivity index (χ1) is 17.2. The SMILES string of the molecule is CC(C)(N=NC(C)(C)C(N)=NO)C(N)=NO.Cc1ccc(S(=O)(=O)O)cc1.Cc1ccc(S(=O)(=O)O)cc1. The molecule has 0 fully saturated rings. The molecule has 0 aliphatic rings. The molecular weight excluding hydrogens is 540 g/mol. The molecule has 14 nitrogen and oxygen atoms in total. The molecule has 0 aliphatic heterocycles. The predicted octanol–water partition coefficient (Wildman–Crippen LogP) is 2.97. The summed E-state index contributed by atoms with van der Waals surface area (Å²) in [5, 5.41) is 30.6. The van der Waals surface area contributed by atoms with Gasteiger partial charge in [0.2, 0.25) is 0 Å². The number of hydrogen-bond donors (Lipinski definition) is 6. The first-order valence-corrected chi connectivity index (χ1v) is 13.5. The van der Waals surface area contributed by atoms with Crippen LogP contribution in [0, 0.1) is 13.8 Å². The van der Waals surface area contributed by atoms with Gasteiger partial charge in [0.1, 0.15) is 11.1 Å². The molecule has 0 aliphatic carbocycles.